The van der Waals surface area contributed by atoms with Gasteiger partial charge >= 0.3 is 0 Å². The van der Waals surface area contributed by atoms with Crippen LogP contribution >= 0.6 is 0 Å². The minimum atomic E-state index is -0.196. The van der Waals surface area contributed by atoms with Crippen LogP contribution < -0.4 is 10.1 Å². The molecule has 0 unspecified atom stereocenters. The number of rotatable bonds is 10. The summed E-state index contributed by atoms with van der Waals surface area (Å²) in [7, 11) is 0. The standard InChI is InChI=1S/C27H32N2O3/c1-27(2,3)32-19-18-31-25-15-14-23(20-29-25)26(30)28-17-16-24(21-10-6-4-7-11-21)22-12-8-5-9-13-22/h4-15,20,24H,16-19H2,1-3H3,(H,28,30). The van der Waals surface area contributed by atoms with Crippen molar-refractivity contribution in [1.29, 1.82) is 0 Å². The molecule has 0 aliphatic rings. The molecule has 1 amide bonds. The van der Waals surface area contributed by atoms with Crippen LogP contribution in [-0.4, -0.2) is 36.3 Å². The Hall–Kier alpha value is -3.18. The monoisotopic (exact) mass is 432 g/mol. The van der Waals surface area contributed by atoms with Gasteiger partial charge in [-0.15, -0.1) is 0 Å². The summed E-state index contributed by atoms with van der Waals surface area (Å²) in [6.45, 7) is 7.46. The SMILES string of the molecule is CC(C)(C)OCCOc1ccc(C(=O)NCCC(c2ccccc2)c2ccccc2)cn1. The summed E-state index contributed by atoms with van der Waals surface area (Å²) in [6.07, 6.45) is 2.35. The minimum absolute atomic E-state index is 0.139. The van der Waals surface area contributed by atoms with Gasteiger partial charge in [-0.3, -0.25) is 4.79 Å². The first-order valence-corrected chi connectivity index (χ1v) is 11.0. The number of pyridine rings is 1. The molecule has 0 aliphatic carbocycles. The summed E-state index contributed by atoms with van der Waals surface area (Å²) in [4.78, 5) is 16.8. The van der Waals surface area contributed by atoms with Crippen molar-refractivity contribution in [3.05, 3.63) is 95.7 Å². The van der Waals surface area contributed by atoms with E-state index in [-0.39, 0.29) is 17.4 Å². The highest BCUT2D eigenvalue weighted by atomic mass is 16.5. The van der Waals surface area contributed by atoms with E-state index in [0.717, 1.165) is 6.42 Å². The van der Waals surface area contributed by atoms with Crippen LogP contribution in [0.1, 0.15) is 54.6 Å². The lowest BCUT2D eigenvalue weighted by molar-refractivity contribution is -0.0168. The number of hydrogen-bond acceptors (Lipinski definition) is 4. The van der Waals surface area contributed by atoms with E-state index >= 15 is 0 Å². The van der Waals surface area contributed by atoms with Crippen LogP contribution in [0.4, 0.5) is 0 Å². The molecular weight excluding hydrogens is 400 g/mol. The second kappa shape index (κ2) is 11.4. The van der Waals surface area contributed by atoms with Gasteiger partial charge in [0, 0.05) is 24.7 Å². The summed E-state index contributed by atoms with van der Waals surface area (Å²) >= 11 is 0. The third-order valence-electron chi connectivity index (χ3n) is 4.99. The van der Waals surface area contributed by atoms with Crippen LogP contribution in [0.5, 0.6) is 5.88 Å². The first-order valence-electron chi connectivity index (χ1n) is 11.0. The molecule has 0 radical (unpaired) electrons. The van der Waals surface area contributed by atoms with Gasteiger partial charge in [-0.1, -0.05) is 60.7 Å². The molecule has 0 saturated heterocycles. The van der Waals surface area contributed by atoms with E-state index in [9.17, 15) is 4.79 Å². The highest BCUT2D eigenvalue weighted by Gasteiger charge is 2.15. The van der Waals surface area contributed by atoms with Gasteiger partial charge in [0.2, 0.25) is 5.88 Å². The molecule has 168 valence electrons. The van der Waals surface area contributed by atoms with Crippen LogP contribution in [0.2, 0.25) is 0 Å². The van der Waals surface area contributed by atoms with Crippen molar-refractivity contribution in [1.82, 2.24) is 10.3 Å². The van der Waals surface area contributed by atoms with Crippen molar-refractivity contribution in [3.63, 3.8) is 0 Å². The Bertz CT molecular complexity index is 912. The molecule has 0 saturated carbocycles. The molecule has 0 spiro atoms. The molecule has 1 N–H and O–H groups in total. The zero-order valence-corrected chi connectivity index (χ0v) is 19.1. The smallest absolute Gasteiger partial charge is 0.252 e. The van der Waals surface area contributed by atoms with Gasteiger partial charge in [-0.2, -0.15) is 0 Å². The highest BCUT2D eigenvalue weighted by Crippen LogP contribution is 2.27. The zero-order chi connectivity index (χ0) is 22.8. The van der Waals surface area contributed by atoms with Gasteiger partial charge in [0.05, 0.1) is 17.8 Å². The Morgan fingerprint density at radius 2 is 1.53 bits per heavy atom. The van der Waals surface area contributed by atoms with Gasteiger partial charge in [0.25, 0.3) is 5.91 Å². The number of benzene rings is 2. The first-order chi connectivity index (χ1) is 15.4. The number of aromatic nitrogens is 1. The van der Waals surface area contributed by atoms with Crippen LogP contribution in [0.15, 0.2) is 79.0 Å². The first kappa shape index (κ1) is 23.5. The third-order valence-corrected chi connectivity index (χ3v) is 4.99. The van der Waals surface area contributed by atoms with Crippen molar-refractivity contribution >= 4 is 5.91 Å². The summed E-state index contributed by atoms with van der Waals surface area (Å²) < 4.78 is 11.2. The predicted octanol–water partition coefficient (Wildman–Crippen LogP) is 5.23. The normalized spacial score (nSPS) is 11.4. The molecule has 3 rings (SSSR count). The van der Waals surface area contributed by atoms with Gasteiger partial charge < -0.3 is 14.8 Å². The number of nitrogens with one attached hydrogen (secondary N) is 1. The lowest BCUT2D eigenvalue weighted by Crippen LogP contribution is -2.26. The van der Waals surface area contributed by atoms with E-state index < -0.39 is 0 Å². The average molecular weight is 433 g/mol. The second-order valence-electron chi connectivity index (χ2n) is 8.61. The van der Waals surface area contributed by atoms with Gasteiger partial charge in [0.1, 0.15) is 6.61 Å². The van der Waals surface area contributed by atoms with Crippen molar-refractivity contribution in [2.75, 3.05) is 19.8 Å². The van der Waals surface area contributed by atoms with Gasteiger partial charge in [-0.25, -0.2) is 4.98 Å². The van der Waals surface area contributed by atoms with E-state index in [4.69, 9.17) is 9.47 Å². The van der Waals surface area contributed by atoms with Crippen LogP contribution in [0, 0.1) is 0 Å². The highest BCUT2D eigenvalue weighted by molar-refractivity contribution is 5.93. The summed E-state index contributed by atoms with van der Waals surface area (Å²) in [6, 6.07) is 24.2. The molecule has 32 heavy (non-hydrogen) atoms. The number of hydrogen-bond donors (Lipinski definition) is 1. The predicted molar refractivity (Wildman–Crippen MR) is 127 cm³/mol. The Morgan fingerprint density at radius 3 is 2.06 bits per heavy atom. The maximum Gasteiger partial charge on any atom is 0.252 e. The Labute approximate surface area is 190 Å². The van der Waals surface area contributed by atoms with Crippen molar-refractivity contribution < 1.29 is 14.3 Å². The van der Waals surface area contributed by atoms with Gasteiger partial charge in [0.15, 0.2) is 0 Å². The van der Waals surface area contributed by atoms with E-state index in [1.54, 1.807) is 18.3 Å². The summed E-state index contributed by atoms with van der Waals surface area (Å²) in [5.41, 5.74) is 2.80. The van der Waals surface area contributed by atoms with Crippen molar-refractivity contribution in [2.45, 2.75) is 38.7 Å². The average Bonchev–Trinajstić information content (AvgIpc) is 2.80. The fourth-order valence-corrected chi connectivity index (χ4v) is 3.42. The van der Waals surface area contributed by atoms with E-state index in [1.807, 2.05) is 32.9 Å². The fraction of sp³-hybridized carbons (Fsp3) is 0.333. The largest absolute Gasteiger partial charge is 0.475 e. The topological polar surface area (TPSA) is 60.5 Å². The summed E-state index contributed by atoms with van der Waals surface area (Å²) in [5.74, 6) is 0.564. The van der Waals surface area contributed by atoms with Crippen LogP contribution in [0.3, 0.4) is 0 Å². The maximum absolute atomic E-state index is 12.6. The summed E-state index contributed by atoms with van der Waals surface area (Å²) in [5, 5.41) is 3.02. The van der Waals surface area contributed by atoms with E-state index in [2.05, 4.69) is 58.8 Å². The lowest BCUT2D eigenvalue weighted by Gasteiger charge is -2.19. The van der Waals surface area contributed by atoms with Gasteiger partial charge in [-0.05, 0) is 44.4 Å². The molecule has 0 fully saturated rings. The number of nitrogens with zero attached hydrogens (tertiary/aromatic N) is 1. The molecule has 2 aromatic carbocycles. The second-order valence-corrected chi connectivity index (χ2v) is 8.61. The molecule has 0 aliphatic heterocycles. The molecule has 0 bridgehead atoms. The molecular formula is C27H32N2O3. The quantitative estimate of drug-likeness (QED) is 0.446. The molecule has 3 aromatic rings. The zero-order valence-electron chi connectivity index (χ0n) is 19.1. The number of carbonyl (C=O) groups is 1. The molecule has 0 atom stereocenters. The number of carbonyl (C=O) groups excluding carboxylic acids is 1. The molecule has 5 heteroatoms. The van der Waals surface area contributed by atoms with Crippen molar-refractivity contribution in [2.24, 2.45) is 0 Å². The molecule has 1 aromatic heterocycles. The third kappa shape index (κ3) is 7.50. The van der Waals surface area contributed by atoms with E-state index in [0.29, 0.717) is 31.2 Å². The fourth-order valence-electron chi connectivity index (χ4n) is 3.42. The van der Waals surface area contributed by atoms with Crippen LogP contribution in [-0.2, 0) is 4.74 Å². The molecule has 5 nitrogen and oxygen atoms in total. The number of ether oxygens (including phenoxy) is 2. The maximum atomic E-state index is 12.6. The Balaban J connectivity index is 1.51. The minimum Gasteiger partial charge on any atom is -0.475 e. The lowest BCUT2D eigenvalue weighted by atomic mass is 9.88. The Kier molecular flexibility index (Phi) is 8.40. The Morgan fingerprint density at radius 1 is 0.906 bits per heavy atom. The van der Waals surface area contributed by atoms with E-state index in [1.165, 1.54) is 11.1 Å². The van der Waals surface area contributed by atoms with Crippen LogP contribution in [0.25, 0.3) is 0 Å². The molecule has 1 heterocycles. The van der Waals surface area contributed by atoms with Crippen molar-refractivity contribution in [3.8, 4) is 5.88 Å². The number of amides is 1.